The molecule has 4 nitrogen and oxygen atoms in total. The Morgan fingerprint density at radius 2 is 1.72 bits per heavy atom. The van der Waals surface area contributed by atoms with Gasteiger partial charge in [-0.2, -0.15) is 21.6 Å². The quantitative estimate of drug-likeness (QED) is 0.647. The van der Waals surface area contributed by atoms with E-state index in [1.54, 1.807) is 31.2 Å². The maximum absolute atomic E-state index is 12.8. The fourth-order valence-corrected chi connectivity index (χ4v) is 3.26. The van der Waals surface area contributed by atoms with Crippen molar-refractivity contribution in [2.45, 2.75) is 18.0 Å². The highest BCUT2D eigenvalue weighted by molar-refractivity contribution is 7.87. The van der Waals surface area contributed by atoms with Crippen molar-refractivity contribution in [2.24, 2.45) is 0 Å². The molecule has 0 radical (unpaired) electrons. The topological polar surface area (TPSA) is 56.3 Å². The molecule has 0 N–H and O–H groups in total. The number of hydrogen-bond donors (Lipinski definition) is 0. The first-order valence-electron chi connectivity index (χ1n) is 7.15. The third-order valence-electron chi connectivity index (χ3n) is 3.47. The van der Waals surface area contributed by atoms with Crippen LogP contribution in [0.3, 0.4) is 0 Å². The minimum atomic E-state index is -4.65. The molecule has 130 valence electrons. The van der Waals surface area contributed by atoms with Gasteiger partial charge in [-0.15, -0.1) is 0 Å². The molecule has 3 rings (SSSR count). The van der Waals surface area contributed by atoms with E-state index in [9.17, 15) is 21.6 Å². The first kappa shape index (κ1) is 17.2. The number of halogens is 3. The van der Waals surface area contributed by atoms with Crippen LogP contribution in [0.2, 0.25) is 0 Å². The zero-order chi connectivity index (χ0) is 18.2. The molecule has 2 aromatic carbocycles. The molecule has 8 heteroatoms. The number of pyridine rings is 1. The van der Waals surface area contributed by atoms with Crippen molar-refractivity contribution in [1.29, 1.82) is 0 Å². The van der Waals surface area contributed by atoms with Gasteiger partial charge in [-0.05, 0) is 37.3 Å². The second-order valence-electron chi connectivity index (χ2n) is 5.34. The van der Waals surface area contributed by atoms with Crippen molar-refractivity contribution in [2.75, 3.05) is 0 Å². The van der Waals surface area contributed by atoms with Gasteiger partial charge in [-0.3, -0.25) is 0 Å². The molecule has 0 aliphatic heterocycles. The summed E-state index contributed by atoms with van der Waals surface area (Å²) in [5.41, 5.74) is -0.0952. The predicted octanol–water partition coefficient (Wildman–Crippen LogP) is 4.33. The van der Waals surface area contributed by atoms with E-state index in [1.165, 1.54) is 6.07 Å². The summed E-state index contributed by atoms with van der Waals surface area (Å²) in [6, 6.07) is 11.6. The van der Waals surface area contributed by atoms with E-state index in [4.69, 9.17) is 4.18 Å². The van der Waals surface area contributed by atoms with Gasteiger partial charge < -0.3 is 4.18 Å². The zero-order valence-corrected chi connectivity index (χ0v) is 13.7. The molecule has 0 aliphatic rings. The SMILES string of the molecule is Cc1ccc2cccc(OS(=O)(=O)c3cccc(C(F)(F)F)c3)c2n1. The Kier molecular flexibility index (Phi) is 4.16. The van der Waals surface area contributed by atoms with Crippen molar-refractivity contribution in [3.05, 3.63) is 65.9 Å². The van der Waals surface area contributed by atoms with Crippen LogP contribution in [-0.2, 0) is 16.3 Å². The minimum Gasteiger partial charge on any atom is -0.377 e. The number of aryl methyl sites for hydroxylation is 1. The Hall–Kier alpha value is -2.61. The molecule has 1 aromatic heterocycles. The smallest absolute Gasteiger partial charge is 0.377 e. The van der Waals surface area contributed by atoms with Crippen LogP contribution in [0, 0.1) is 6.92 Å². The molecule has 0 saturated carbocycles. The highest BCUT2D eigenvalue weighted by Crippen LogP contribution is 2.32. The third-order valence-corrected chi connectivity index (χ3v) is 4.70. The summed E-state index contributed by atoms with van der Waals surface area (Å²) in [6.07, 6.45) is -4.65. The van der Waals surface area contributed by atoms with Gasteiger partial charge in [0, 0.05) is 11.1 Å². The summed E-state index contributed by atoms with van der Waals surface area (Å²) >= 11 is 0. The van der Waals surface area contributed by atoms with Crippen molar-refractivity contribution in [1.82, 2.24) is 4.98 Å². The van der Waals surface area contributed by atoms with Gasteiger partial charge in [0.1, 0.15) is 10.4 Å². The second kappa shape index (κ2) is 6.03. The van der Waals surface area contributed by atoms with Crippen molar-refractivity contribution in [3.63, 3.8) is 0 Å². The Labute approximate surface area is 142 Å². The first-order chi connectivity index (χ1) is 11.7. The molecule has 0 atom stereocenters. The van der Waals surface area contributed by atoms with Crippen LogP contribution in [-0.4, -0.2) is 13.4 Å². The molecule has 0 bridgehead atoms. The minimum absolute atomic E-state index is 0.0430. The number of nitrogens with zero attached hydrogens (tertiary/aromatic N) is 1. The molecule has 0 spiro atoms. The molecular formula is C17H12F3NO3S. The number of alkyl halides is 3. The molecular weight excluding hydrogens is 355 g/mol. The Morgan fingerprint density at radius 1 is 1.00 bits per heavy atom. The van der Waals surface area contributed by atoms with Crippen LogP contribution in [0.25, 0.3) is 10.9 Å². The van der Waals surface area contributed by atoms with Gasteiger partial charge in [0.2, 0.25) is 0 Å². The maximum Gasteiger partial charge on any atom is 0.416 e. The van der Waals surface area contributed by atoms with Crippen LogP contribution < -0.4 is 4.18 Å². The first-order valence-corrected chi connectivity index (χ1v) is 8.56. The third kappa shape index (κ3) is 3.58. The average Bonchev–Trinajstić information content (AvgIpc) is 2.54. The maximum atomic E-state index is 12.8. The molecule has 0 saturated heterocycles. The molecule has 0 aliphatic carbocycles. The zero-order valence-electron chi connectivity index (χ0n) is 12.9. The summed E-state index contributed by atoms with van der Waals surface area (Å²) in [7, 11) is -4.44. The molecule has 1 heterocycles. The van der Waals surface area contributed by atoms with Crippen LogP contribution >= 0.6 is 0 Å². The Bertz CT molecular complexity index is 1050. The van der Waals surface area contributed by atoms with Gasteiger partial charge in [0.05, 0.1) is 5.56 Å². The van der Waals surface area contributed by atoms with Crippen molar-refractivity contribution in [3.8, 4) is 5.75 Å². The molecule has 0 amide bonds. The molecule has 0 unspecified atom stereocenters. The van der Waals surface area contributed by atoms with E-state index in [0.717, 1.165) is 18.2 Å². The van der Waals surface area contributed by atoms with E-state index in [1.807, 2.05) is 0 Å². The van der Waals surface area contributed by atoms with Crippen molar-refractivity contribution < 1.29 is 25.8 Å². The van der Waals surface area contributed by atoms with Crippen LogP contribution in [0.1, 0.15) is 11.3 Å². The lowest BCUT2D eigenvalue weighted by molar-refractivity contribution is -0.137. The highest BCUT2D eigenvalue weighted by Gasteiger charge is 2.32. The summed E-state index contributed by atoms with van der Waals surface area (Å²) in [4.78, 5) is 3.66. The summed E-state index contributed by atoms with van der Waals surface area (Å²) in [5.74, 6) is -0.0430. The van der Waals surface area contributed by atoms with Gasteiger partial charge in [-0.1, -0.05) is 24.3 Å². The van der Waals surface area contributed by atoms with Crippen LogP contribution in [0.15, 0.2) is 59.5 Å². The Morgan fingerprint density at radius 3 is 2.44 bits per heavy atom. The van der Waals surface area contributed by atoms with E-state index >= 15 is 0 Å². The second-order valence-corrected chi connectivity index (χ2v) is 6.89. The van der Waals surface area contributed by atoms with Crippen LogP contribution in [0.4, 0.5) is 13.2 Å². The number of aromatic nitrogens is 1. The van der Waals surface area contributed by atoms with E-state index < -0.39 is 26.8 Å². The molecule has 25 heavy (non-hydrogen) atoms. The monoisotopic (exact) mass is 367 g/mol. The standard InChI is InChI=1S/C17H12F3NO3S/c1-11-8-9-12-4-2-7-15(16(12)21-11)24-25(22,23)14-6-3-5-13(10-14)17(18,19)20/h2-10H,1H3. The fourth-order valence-electron chi connectivity index (χ4n) is 2.28. The lowest BCUT2D eigenvalue weighted by Crippen LogP contribution is -2.12. The van der Waals surface area contributed by atoms with Gasteiger partial charge >= 0.3 is 16.3 Å². The lowest BCUT2D eigenvalue weighted by atomic mass is 10.2. The highest BCUT2D eigenvalue weighted by atomic mass is 32.2. The van der Waals surface area contributed by atoms with E-state index in [-0.39, 0.29) is 5.75 Å². The summed E-state index contributed by atoms with van der Waals surface area (Å²) < 4.78 is 68.2. The fraction of sp³-hybridized carbons (Fsp3) is 0.118. The van der Waals surface area contributed by atoms with E-state index in [0.29, 0.717) is 22.7 Å². The van der Waals surface area contributed by atoms with Gasteiger partial charge in [-0.25, -0.2) is 4.98 Å². The summed E-state index contributed by atoms with van der Waals surface area (Å²) in [6.45, 7) is 1.73. The van der Waals surface area contributed by atoms with Crippen LogP contribution in [0.5, 0.6) is 5.75 Å². The Balaban J connectivity index is 2.05. The molecule has 3 aromatic rings. The number of hydrogen-bond acceptors (Lipinski definition) is 4. The number of rotatable bonds is 3. The largest absolute Gasteiger partial charge is 0.416 e. The lowest BCUT2D eigenvalue weighted by Gasteiger charge is -2.11. The summed E-state index contributed by atoms with van der Waals surface area (Å²) in [5, 5.41) is 0.655. The van der Waals surface area contributed by atoms with Crippen molar-refractivity contribution >= 4 is 21.0 Å². The number of fused-ring (bicyclic) bond motifs is 1. The van der Waals surface area contributed by atoms with Gasteiger partial charge in [0.25, 0.3) is 0 Å². The number of benzene rings is 2. The predicted molar refractivity (Wildman–Crippen MR) is 85.7 cm³/mol. The van der Waals surface area contributed by atoms with Gasteiger partial charge in [0.15, 0.2) is 5.75 Å². The van der Waals surface area contributed by atoms with E-state index in [2.05, 4.69) is 4.98 Å². The molecule has 0 fully saturated rings. The number of para-hydroxylation sites is 1. The normalized spacial score (nSPS) is 12.3. The average molecular weight is 367 g/mol.